The Bertz CT molecular complexity index is 539. The van der Waals surface area contributed by atoms with Gasteiger partial charge in [0.05, 0.1) is 11.8 Å². The lowest BCUT2D eigenvalue weighted by Crippen LogP contribution is -2.08. The molecule has 18 heavy (non-hydrogen) atoms. The molecule has 2 heterocycles. The van der Waals surface area contributed by atoms with Gasteiger partial charge in [-0.05, 0) is 41.9 Å². The van der Waals surface area contributed by atoms with E-state index in [-0.39, 0.29) is 0 Å². The van der Waals surface area contributed by atoms with Crippen molar-refractivity contribution in [2.45, 2.75) is 32.9 Å². The van der Waals surface area contributed by atoms with Gasteiger partial charge >= 0.3 is 0 Å². The van der Waals surface area contributed by atoms with Crippen molar-refractivity contribution in [3.8, 4) is 0 Å². The maximum atomic E-state index is 10.2. The number of aromatic nitrogens is 3. The van der Waals surface area contributed by atoms with E-state index in [2.05, 4.69) is 26.0 Å². The number of aliphatic hydroxyl groups is 1. The highest BCUT2D eigenvalue weighted by molar-refractivity contribution is 9.10. The summed E-state index contributed by atoms with van der Waals surface area (Å²) in [4.78, 5) is 4.07. The molecule has 0 saturated heterocycles. The molecule has 1 unspecified atom stereocenters. The molecule has 0 aliphatic rings. The van der Waals surface area contributed by atoms with Gasteiger partial charge in [0.2, 0.25) is 0 Å². The summed E-state index contributed by atoms with van der Waals surface area (Å²) >= 11 is 3.36. The normalized spacial score (nSPS) is 12.7. The van der Waals surface area contributed by atoms with Crippen LogP contribution < -0.4 is 0 Å². The van der Waals surface area contributed by atoms with Gasteiger partial charge < -0.3 is 5.11 Å². The molecule has 0 bridgehead atoms. The molecule has 2 aromatic heterocycles. The van der Waals surface area contributed by atoms with Crippen LogP contribution in [0.1, 0.15) is 30.0 Å². The van der Waals surface area contributed by atoms with Gasteiger partial charge in [-0.15, -0.1) is 0 Å². The first-order valence-corrected chi connectivity index (χ1v) is 6.71. The van der Waals surface area contributed by atoms with Crippen LogP contribution in [0.3, 0.4) is 0 Å². The summed E-state index contributed by atoms with van der Waals surface area (Å²) < 4.78 is 2.79. The molecule has 96 valence electrons. The van der Waals surface area contributed by atoms with E-state index in [0.717, 1.165) is 28.0 Å². The first-order chi connectivity index (χ1) is 8.60. The summed E-state index contributed by atoms with van der Waals surface area (Å²) in [5, 5.41) is 14.6. The summed E-state index contributed by atoms with van der Waals surface area (Å²) in [5.74, 6) is 0. The van der Waals surface area contributed by atoms with Crippen molar-refractivity contribution >= 4 is 15.9 Å². The molecule has 4 nitrogen and oxygen atoms in total. The van der Waals surface area contributed by atoms with Crippen LogP contribution in [0.15, 0.2) is 29.0 Å². The van der Waals surface area contributed by atoms with Crippen molar-refractivity contribution in [1.29, 1.82) is 0 Å². The fraction of sp³-hybridized carbons (Fsp3) is 0.385. The Kier molecular flexibility index (Phi) is 4.14. The highest BCUT2D eigenvalue weighted by atomic mass is 79.9. The van der Waals surface area contributed by atoms with Crippen molar-refractivity contribution in [3.05, 3.63) is 46.0 Å². The van der Waals surface area contributed by atoms with E-state index in [0.29, 0.717) is 6.42 Å². The average molecular weight is 310 g/mol. The second-order valence-electron chi connectivity index (χ2n) is 4.25. The van der Waals surface area contributed by atoms with Crippen LogP contribution in [0.2, 0.25) is 0 Å². The predicted molar refractivity (Wildman–Crippen MR) is 73.2 cm³/mol. The third-order valence-electron chi connectivity index (χ3n) is 2.80. The van der Waals surface area contributed by atoms with Crippen molar-refractivity contribution in [2.75, 3.05) is 0 Å². The Morgan fingerprint density at radius 2 is 2.17 bits per heavy atom. The zero-order chi connectivity index (χ0) is 13.1. The zero-order valence-corrected chi connectivity index (χ0v) is 12.1. The molecule has 0 aromatic carbocycles. The average Bonchev–Trinajstić information content (AvgIpc) is 2.69. The fourth-order valence-corrected chi connectivity index (χ4v) is 2.35. The minimum atomic E-state index is -0.559. The Hall–Kier alpha value is -1.20. The van der Waals surface area contributed by atoms with E-state index >= 15 is 0 Å². The second kappa shape index (κ2) is 5.63. The topological polar surface area (TPSA) is 50.9 Å². The fourth-order valence-electron chi connectivity index (χ4n) is 1.96. The molecular weight excluding hydrogens is 294 g/mol. The number of aryl methyl sites for hydroxylation is 2. The lowest BCUT2D eigenvalue weighted by Gasteiger charge is -2.11. The third kappa shape index (κ3) is 2.97. The van der Waals surface area contributed by atoms with Crippen LogP contribution in [0.5, 0.6) is 0 Å². The Labute approximate surface area is 115 Å². The lowest BCUT2D eigenvalue weighted by atomic mass is 10.1. The van der Waals surface area contributed by atoms with Crippen molar-refractivity contribution in [3.63, 3.8) is 0 Å². The van der Waals surface area contributed by atoms with E-state index in [1.807, 2.05) is 30.7 Å². The minimum absolute atomic E-state index is 0.548. The van der Waals surface area contributed by atoms with Gasteiger partial charge in [-0.1, -0.05) is 0 Å². The van der Waals surface area contributed by atoms with Crippen LogP contribution in [0, 0.1) is 6.92 Å². The van der Waals surface area contributed by atoms with Gasteiger partial charge in [0.1, 0.15) is 0 Å². The smallest absolute Gasteiger partial charge is 0.0860 e. The highest BCUT2D eigenvalue weighted by Gasteiger charge is 2.13. The molecule has 0 spiro atoms. The number of aliphatic hydroxyl groups excluding tert-OH is 1. The van der Waals surface area contributed by atoms with Crippen LogP contribution in [-0.4, -0.2) is 19.9 Å². The van der Waals surface area contributed by atoms with Crippen LogP contribution >= 0.6 is 15.9 Å². The molecule has 0 saturated carbocycles. The first-order valence-electron chi connectivity index (χ1n) is 5.92. The molecule has 5 heteroatoms. The van der Waals surface area contributed by atoms with Crippen LogP contribution in [0.4, 0.5) is 0 Å². The standard InChI is InChI=1S/C13H16BrN3O/c1-3-17-12(4-9(2)16-17)6-13(18)10-5-11(14)8-15-7-10/h4-5,7-8,13,18H,3,6H2,1-2H3. The van der Waals surface area contributed by atoms with Gasteiger partial charge in [-0.2, -0.15) is 5.10 Å². The summed E-state index contributed by atoms with van der Waals surface area (Å²) in [5.41, 5.74) is 2.83. The number of halogens is 1. The Morgan fingerprint density at radius 1 is 1.39 bits per heavy atom. The molecule has 0 fully saturated rings. The maximum absolute atomic E-state index is 10.2. The molecular formula is C13H16BrN3O. The molecule has 1 N–H and O–H groups in total. The number of hydrogen-bond acceptors (Lipinski definition) is 3. The van der Waals surface area contributed by atoms with Gasteiger partial charge in [-0.25, -0.2) is 0 Å². The van der Waals surface area contributed by atoms with E-state index in [4.69, 9.17) is 0 Å². The van der Waals surface area contributed by atoms with E-state index in [1.165, 1.54) is 0 Å². The largest absolute Gasteiger partial charge is 0.388 e. The molecule has 0 aliphatic heterocycles. The molecule has 0 radical (unpaired) electrons. The van der Waals surface area contributed by atoms with E-state index in [9.17, 15) is 5.11 Å². The molecule has 2 rings (SSSR count). The zero-order valence-electron chi connectivity index (χ0n) is 10.5. The maximum Gasteiger partial charge on any atom is 0.0860 e. The second-order valence-corrected chi connectivity index (χ2v) is 5.16. The van der Waals surface area contributed by atoms with Crippen LogP contribution in [0.25, 0.3) is 0 Å². The van der Waals surface area contributed by atoms with E-state index in [1.54, 1.807) is 12.4 Å². The quantitative estimate of drug-likeness (QED) is 0.944. The van der Waals surface area contributed by atoms with Gasteiger partial charge in [-0.3, -0.25) is 9.67 Å². The Morgan fingerprint density at radius 3 is 2.83 bits per heavy atom. The minimum Gasteiger partial charge on any atom is -0.388 e. The van der Waals surface area contributed by atoms with Crippen molar-refractivity contribution in [2.24, 2.45) is 0 Å². The number of nitrogens with zero attached hydrogens (tertiary/aromatic N) is 3. The summed E-state index contributed by atoms with van der Waals surface area (Å²) in [7, 11) is 0. The van der Waals surface area contributed by atoms with Crippen molar-refractivity contribution in [1.82, 2.24) is 14.8 Å². The molecule has 0 aliphatic carbocycles. The van der Waals surface area contributed by atoms with Crippen LogP contribution in [-0.2, 0) is 13.0 Å². The molecule has 2 aromatic rings. The van der Waals surface area contributed by atoms with E-state index < -0.39 is 6.10 Å². The SMILES string of the molecule is CCn1nc(C)cc1CC(O)c1cncc(Br)c1. The summed E-state index contributed by atoms with van der Waals surface area (Å²) in [6.45, 7) is 4.82. The van der Waals surface area contributed by atoms with Crippen molar-refractivity contribution < 1.29 is 5.11 Å². The first kappa shape index (κ1) is 13.2. The molecule has 1 atom stereocenters. The predicted octanol–water partition coefficient (Wildman–Crippen LogP) is 2.65. The van der Waals surface area contributed by atoms with Gasteiger partial charge in [0.25, 0.3) is 0 Å². The number of pyridine rings is 1. The highest BCUT2D eigenvalue weighted by Crippen LogP contribution is 2.21. The monoisotopic (exact) mass is 309 g/mol. The Balaban J connectivity index is 2.18. The van der Waals surface area contributed by atoms with Gasteiger partial charge in [0, 0.05) is 41.1 Å². The summed E-state index contributed by atoms with van der Waals surface area (Å²) in [6.07, 6.45) is 3.38. The number of hydrogen-bond donors (Lipinski definition) is 1. The lowest BCUT2D eigenvalue weighted by molar-refractivity contribution is 0.175. The molecule has 0 amide bonds. The number of rotatable bonds is 4. The summed E-state index contributed by atoms with van der Waals surface area (Å²) in [6, 6.07) is 3.90. The van der Waals surface area contributed by atoms with Gasteiger partial charge in [0.15, 0.2) is 0 Å². The third-order valence-corrected chi connectivity index (χ3v) is 3.23.